The average molecular weight is 261 g/mol. The van der Waals surface area contributed by atoms with Crippen molar-refractivity contribution in [2.45, 2.75) is 6.42 Å². The van der Waals surface area contributed by atoms with Crippen molar-refractivity contribution in [3.8, 4) is 0 Å². The van der Waals surface area contributed by atoms with E-state index in [4.69, 9.17) is 15.7 Å². The fraction of sp³-hybridized carbons (Fsp3) is 0.167. The Bertz CT molecular complexity index is 542. The highest BCUT2D eigenvalue weighted by molar-refractivity contribution is 5.94. The van der Waals surface area contributed by atoms with E-state index in [2.05, 4.69) is 10.0 Å². The minimum Gasteiger partial charge on any atom is -0.478 e. The lowest BCUT2D eigenvalue weighted by atomic mass is 10.0. The van der Waals surface area contributed by atoms with Gasteiger partial charge in [-0.1, -0.05) is 17.3 Å². The van der Waals surface area contributed by atoms with Crippen molar-refractivity contribution in [1.29, 1.82) is 0 Å². The van der Waals surface area contributed by atoms with Crippen LogP contribution in [0.25, 0.3) is 16.5 Å². The minimum absolute atomic E-state index is 0.0883. The van der Waals surface area contributed by atoms with Crippen molar-refractivity contribution in [3.63, 3.8) is 0 Å². The molecule has 0 aliphatic rings. The Morgan fingerprint density at radius 2 is 1.79 bits per heavy atom. The molecule has 19 heavy (non-hydrogen) atoms. The molecule has 1 aromatic carbocycles. The first-order valence-corrected chi connectivity index (χ1v) is 5.33. The smallest absolute Gasteiger partial charge is 0.335 e. The number of azide groups is 1. The second-order valence-corrected chi connectivity index (χ2v) is 3.60. The molecule has 0 radical (unpaired) electrons. The van der Waals surface area contributed by atoms with Crippen LogP contribution in [-0.2, 0) is 0 Å². The van der Waals surface area contributed by atoms with E-state index in [1.54, 1.807) is 12.2 Å². The van der Waals surface area contributed by atoms with Crippen LogP contribution in [0.3, 0.4) is 0 Å². The van der Waals surface area contributed by atoms with E-state index in [-0.39, 0.29) is 17.7 Å². The first-order chi connectivity index (χ1) is 9.04. The van der Waals surface area contributed by atoms with Crippen molar-refractivity contribution in [2.75, 3.05) is 6.54 Å². The SMILES string of the molecule is [N-]=[N+]=NCCC=Cc1cc(C(=O)O)cc(C(=O)O)c1. The molecular formula is C12H11N3O4. The Hall–Kier alpha value is -2.79. The van der Waals surface area contributed by atoms with Crippen molar-refractivity contribution in [2.24, 2.45) is 5.11 Å². The molecule has 0 unspecified atom stereocenters. The molecular weight excluding hydrogens is 250 g/mol. The summed E-state index contributed by atoms with van der Waals surface area (Å²) in [5, 5.41) is 21.1. The summed E-state index contributed by atoms with van der Waals surface area (Å²) in [5.41, 5.74) is 8.38. The molecule has 0 saturated heterocycles. The van der Waals surface area contributed by atoms with Gasteiger partial charge >= 0.3 is 11.9 Å². The van der Waals surface area contributed by atoms with Crippen LogP contribution in [0.5, 0.6) is 0 Å². The number of hydrogen-bond acceptors (Lipinski definition) is 3. The van der Waals surface area contributed by atoms with Gasteiger partial charge in [0.15, 0.2) is 0 Å². The highest BCUT2D eigenvalue weighted by Crippen LogP contribution is 2.13. The van der Waals surface area contributed by atoms with Gasteiger partial charge < -0.3 is 10.2 Å². The average Bonchev–Trinajstić information content (AvgIpc) is 2.38. The van der Waals surface area contributed by atoms with Crippen LogP contribution in [0, 0.1) is 0 Å². The summed E-state index contributed by atoms with van der Waals surface area (Å²) in [4.78, 5) is 24.3. The molecule has 1 rings (SSSR count). The number of benzene rings is 1. The molecule has 0 atom stereocenters. The number of carboxylic acids is 2. The zero-order valence-corrected chi connectivity index (χ0v) is 9.85. The number of carbonyl (C=O) groups is 2. The Balaban J connectivity index is 2.96. The molecule has 7 nitrogen and oxygen atoms in total. The predicted octanol–water partition coefficient (Wildman–Crippen LogP) is 2.80. The maximum Gasteiger partial charge on any atom is 0.335 e. The molecule has 2 N–H and O–H groups in total. The number of carboxylic acid groups (broad SMARTS) is 2. The van der Waals surface area contributed by atoms with Crippen molar-refractivity contribution >= 4 is 18.0 Å². The van der Waals surface area contributed by atoms with E-state index in [9.17, 15) is 9.59 Å². The Morgan fingerprint density at radius 1 is 1.21 bits per heavy atom. The number of rotatable bonds is 6. The van der Waals surface area contributed by atoms with E-state index in [1.807, 2.05) is 0 Å². The molecule has 0 saturated carbocycles. The summed E-state index contributed by atoms with van der Waals surface area (Å²) < 4.78 is 0. The summed E-state index contributed by atoms with van der Waals surface area (Å²) >= 11 is 0. The van der Waals surface area contributed by atoms with Crippen LogP contribution >= 0.6 is 0 Å². The topological polar surface area (TPSA) is 123 Å². The van der Waals surface area contributed by atoms with Gasteiger partial charge in [0.05, 0.1) is 11.1 Å². The fourth-order valence-electron chi connectivity index (χ4n) is 1.39. The molecule has 7 heteroatoms. The minimum atomic E-state index is -1.19. The molecule has 0 aliphatic heterocycles. The van der Waals surface area contributed by atoms with Gasteiger partial charge in [0.2, 0.25) is 0 Å². The van der Waals surface area contributed by atoms with Gasteiger partial charge in [-0.15, -0.1) is 0 Å². The van der Waals surface area contributed by atoms with E-state index in [0.29, 0.717) is 12.0 Å². The monoisotopic (exact) mass is 261 g/mol. The van der Waals surface area contributed by atoms with Gasteiger partial charge in [-0.05, 0) is 35.7 Å². The van der Waals surface area contributed by atoms with Crippen LogP contribution in [-0.4, -0.2) is 28.7 Å². The normalized spacial score (nSPS) is 10.1. The van der Waals surface area contributed by atoms with Crippen molar-refractivity contribution in [3.05, 3.63) is 51.4 Å². The standard InChI is InChI=1S/C12H11N3O4/c13-15-14-4-2-1-3-8-5-9(11(16)17)7-10(6-8)12(18)19/h1,3,5-7H,2,4H2,(H,16,17)(H,18,19). The Kier molecular flexibility index (Phi) is 5.13. The summed E-state index contributed by atoms with van der Waals surface area (Å²) in [7, 11) is 0. The molecule has 1 aromatic rings. The first kappa shape index (κ1) is 14.3. The van der Waals surface area contributed by atoms with Crippen LogP contribution in [0.4, 0.5) is 0 Å². The van der Waals surface area contributed by atoms with Gasteiger partial charge in [0.25, 0.3) is 0 Å². The highest BCUT2D eigenvalue weighted by atomic mass is 16.4. The second-order valence-electron chi connectivity index (χ2n) is 3.60. The van der Waals surface area contributed by atoms with Crippen molar-refractivity contribution < 1.29 is 19.8 Å². The van der Waals surface area contributed by atoms with Gasteiger partial charge in [0, 0.05) is 11.5 Å². The van der Waals surface area contributed by atoms with E-state index >= 15 is 0 Å². The largest absolute Gasteiger partial charge is 0.478 e. The summed E-state index contributed by atoms with van der Waals surface area (Å²) in [5.74, 6) is -2.38. The summed E-state index contributed by atoms with van der Waals surface area (Å²) in [6, 6.07) is 3.85. The lowest BCUT2D eigenvalue weighted by Gasteiger charge is -2.01. The molecule has 98 valence electrons. The van der Waals surface area contributed by atoms with Crippen LogP contribution in [0.1, 0.15) is 32.7 Å². The van der Waals surface area contributed by atoms with Crippen LogP contribution in [0.15, 0.2) is 29.4 Å². The maximum atomic E-state index is 10.9. The fourth-order valence-corrected chi connectivity index (χ4v) is 1.39. The zero-order chi connectivity index (χ0) is 14.3. The highest BCUT2D eigenvalue weighted by Gasteiger charge is 2.10. The van der Waals surface area contributed by atoms with Gasteiger partial charge in [-0.2, -0.15) is 0 Å². The summed E-state index contributed by atoms with van der Waals surface area (Å²) in [6.07, 6.45) is 3.76. The molecule has 0 heterocycles. The zero-order valence-electron chi connectivity index (χ0n) is 9.85. The maximum absolute atomic E-state index is 10.9. The third-order valence-electron chi connectivity index (χ3n) is 2.22. The first-order valence-electron chi connectivity index (χ1n) is 5.33. The molecule has 0 amide bonds. The van der Waals surface area contributed by atoms with Crippen molar-refractivity contribution in [1.82, 2.24) is 0 Å². The van der Waals surface area contributed by atoms with E-state index in [0.717, 1.165) is 6.07 Å². The lowest BCUT2D eigenvalue weighted by Crippen LogP contribution is -2.02. The molecule has 0 spiro atoms. The predicted molar refractivity (Wildman–Crippen MR) is 68.0 cm³/mol. The van der Waals surface area contributed by atoms with Gasteiger partial charge in [0.1, 0.15) is 0 Å². The second kappa shape index (κ2) is 6.83. The number of aromatic carboxylic acids is 2. The third kappa shape index (κ3) is 4.53. The van der Waals surface area contributed by atoms with Crippen LogP contribution < -0.4 is 0 Å². The van der Waals surface area contributed by atoms with E-state index in [1.165, 1.54) is 12.1 Å². The van der Waals surface area contributed by atoms with Gasteiger partial charge in [-0.3, -0.25) is 0 Å². The molecule has 0 aromatic heterocycles. The van der Waals surface area contributed by atoms with Gasteiger partial charge in [-0.25, -0.2) is 9.59 Å². The molecule has 0 fully saturated rings. The Morgan fingerprint density at radius 3 is 2.26 bits per heavy atom. The third-order valence-corrected chi connectivity index (χ3v) is 2.22. The quantitative estimate of drug-likeness (QED) is 0.353. The van der Waals surface area contributed by atoms with Crippen LogP contribution in [0.2, 0.25) is 0 Å². The Labute approximate surface area is 108 Å². The molecule has 0 bridgehead atoms. The lowest BCUT2D eigenvalue weighted by molar-refractivity contribution is 0.0696. The number of hydrogen-bond donors (Lipinski definition) is 2. The molecule has 0 aliphatic carbocycles. The van der Waals surface area contributed by atoms with E-state index < -0.39 is 11.9 Å². The number of nitrogens with zero attached hydrogens (tertiary/aromatic N) is 3. The summed E-state index contributed by atoms with van der Waals surface area (Å²) in [6.45, 7) is 0.289.